The number of hydrogen-bond donors (Lipinski definition) is 0. The lowest BCUT2D eigenvalue weighted by molar-refractivity contribution is -0.659. The zero-order valence-corrected chi connectivity index (χ0v) is 40.4. The first-order valence-corrected chi connectivity index (χ1v) is 22.5. The van der Waals surface area contributed by atoms with E-state index >= 15 is 0 Å². The molecule has 0 bridgehead atoms. The summed E-state index contributed by atoms with van der Waals surface area (Å²) in [7, 11) is 0. The average Bonchev–Trinajstić information content (AvgIpc) is 0.908. The maximum Gasteiger partial charge on any atom is 0.416 e. The van der Waals surface area contributed by atoms with Crippen LogP contribution in [0.4, 0.5) is 105 Å². The second-order valence-electron chi connectivity index (χ2n) is 17.7. The van der Waals surface area contributed by atoms with Crippen molar-refractivity contribution < 1.29 is 124 Å². The first-order chi connectivity index (χ1) is 38.0. The molecule has 7 nitrogen and oxygen atoms in total. The van der Waals surface area contributed by atoms with Crippen LogP contribution in [-0.2, 0) is 60.7 Å². The molecule has 0 amide bonds. The molecule has 0 spiro atoms. The number of fused-ring (bicyclic) bond motifs is 1. The van der Waals surface area contributed by atoms with Gasteiger partial charge in [-0.15, -0.1) is 0 Å². The Morgan fingerprint density at radius 2 is 0.723 bits per heavy atom. The number of hydrogen-bond acceptors (Lipinski definition) is 4. The van der Waals surface area contributed by atoms with E-state index in [4.69, 9.17) is 10.3 Å². The molecule has 1 aromatic heterocycles. The van der Waals surface area contributed by atoms with Crippen molar-refractivity contribution in [2.75, 3.05) is 6.73 Å². The molecule has 0 aliphatic heterocycles. The van der Waals surface area contributed by atoms with Gasteiger partial charge in [-0.2, -0.15) is 132 Å². The van der Waals surface area contributed by atoms with E-state index in [2.05, 4.69) is 10.0 Å². The van der Waals surface area contributed by atoms with Gasteiger partial charge in [-0.25, -0.2) is 4.79 Å². The quantitative estimate of drug-likeness (QED) is 0.0199. The number of rotatable bonds is 10. The van der Waals surface area contributed by atoms with E-state index in [0.29, 0.717) is 5.56 Å². The number of aromatic nitrogens is 1. The van der Waals surface area contributed by atoms with Crippen LogP contribution in [0.15, 0.2) is 145 Å². The topological polar surface area (TPSA) is 96.0 Å². The Balaban J connectivity index is 0.000000352. The Hall–Kier alpha value is -8.44. The molecule has 0 saturated heterocycles. The molecule has 83 heavy (non-hydrogen) atoms. The number of alkyl halides is 24. The fourth-order valence-corrected chi connectivity index (χ4v) is 8.73. The largest absolute Gasteiger partial charge is 0.452 e. The van der Waals surface area contributed by atoms with E-state index in [-0.39, 0.29) is 18.0 Å². The maximum absolute atomic E-state index is 14.2. The molecule has 0 atom stereocenters. The summed E-state index contributed by atoms with van der Waals surface area (Å²) < 4.78 is 347. The third kappa shape index (κ3) is 14.6. The van der Waals surface area contributed by atoms with Crippen LogP contribution in [0, 0.1) is 0 Å². The van der Waals surface area contributed by atoms with Crippen LogP contribution in [0.1, 0.15) is 65.4 Å². The van der Waals surface area contributed by atoms with E-state index in [1.165, 1.54) is 0 Å². The van der Waals surface area contributed by atoms with Crippen molar-refractivity contribution in [3.05, 3.63) is 206 Å². The highest BCUT2D eigenvalue weighted by Gasteiger charge is 2.47. The zero-order valence-electron chi connectivity index (χ0n) is 40.4. The van der Waals surface area contributed by atoms with Gasteiger partial charge in [-0.05, 0) is 41.9 Å². The molecule has 32 heteroatoms. The molecule has 0 unspecified atom stereocenters. The first kappa shape index (κ1) is 63.7. The number of azide groups is 1. The monoisotopic (exact) mass is 1210 g/mol. The Kier molecular flexibility index (Phi) is 17.5. The predicted octanol–water partition coefficient (Wildman–Crippen LogP) is 14.6. The van der Waals surface area contributed by atoms with Crippen LogP contribution >= 0.6 is 0 Å². The zero-order chi connectivity index (χ0) is 62.3. The average molecular weight is 1210 g/mol. The van der Waals surface area contributed by atoms with Gasteiger partial charge in [0.15, 0.2) is 6.73 Å². The second-order valence-corrected chi connectivity index (χ2v) is 17.7. The Labute approximate surface area is 447 Å². The summed E-state index contributed by atoms with van der Waals surface area (Å²) in [5.41, 5.74) is -20.4. The number of nitrogens with zero attached hydrogens (tertiary/aromatic N) is 4. The predicted molar refractivity (Wildman–Crippen MR) is 244 cm³/mol. The SMILES string of the molecule is FC(F)(F)c1cc([B-](c2cc(C(F)(F)F)cc(C(F)(F)F)c2)(c2cc(C(F)(F)F)cc(C(F)(F)F)c2)c2cc(C(F)(F)F)cc(C(F)(F)F)c2)cc(C(F)(F)F)c1.[N-]=[N+]=NCOC(=O)c1ccc2ccccc2[n+]1CC(=O)c1ccccc1. The van der Waals surface area contributed by atoms with Gasteiger partial charge in [-0.3, -0.25) is 4.79 Å². The first-order valence-electron chi connectivity index (χ1n) is 22.5. The summed E-state index contributed by atoms with van der Waals surface area (Å²) >= 11 is 0. The maximum atomic E-state index is 14.2. The van der Waals surface area contributed by atoms with E-state index < -0.39 is 207 Å². The van der Waals surface area contributed by atoms with Crippen LogP contribution in [0.2, 0.25) is 0 Å². The van der Waals surface area contributed by atoms with E-state index in [1.807, 2.05) is 30.3 Å². The normalized spacial score (nSPS) is 13.0. The van der Waals surface area contributed by atoms with Gasteiger partial charge in [0.25, 0.3) is 5.69 Å². The highest BCUT2D eigenvalue weighted by molar-refractivity contribution is 7.20. The van der Waals surface area contributed by atoms with Crippen molar-refractivity contribution in [3.63, 3.8) is 0 Å². The Morgan fingerprint density at radius 3 is 1.02 bits per heavy atom. The Bertz CT molecular complexity index is 3180. The molecule has 7 rings (SSSR count). The number of benzene rings is 6. The van der Waals surface area contributed by atoms with Crippen molar-refractivity contribution in [3.8, 4) is 0 Å². The third-order valence-electron chi connectivity index (χ3n) is 12.3. The molecule has 6 aromatic carbocycles. The number of ether oxygens (including phenoxy) is 1. The fourth-order valence-electron chi connectivity index (χ4n) is 8.73. The molecular formula is C51H27BF24N4O3. The molecule has 1 heterocycles. The van der Waals surface area contributed by atoms with Gasteiger partial charge in [0.2, 0.25) is 17.8 Å². The summed E-state index contributed by atoms with van der Waals surface area (Å²) in [5.74, 6) is -0.792. The molecule has 440 valence electrons. The highest BCUT2D eigenvalue weighted by atomic mass is 19.4. The van der Waals surface area contributed by atoms with Crippen molar-refractivity contribution in [1.29, 1.82) is 0 Å². The van der Waals surface area contributed by atoms with Crippen molar-refractivity contribution in [2.24, 2.45) is 5.11 Å². The minimum Gasteiger partial charge on any atom is -0.452 e. The lowest BCUT2D eigenvalue weighted by Gasteiger charge is -2.46. The van der Waals surface area contributed by atoms with Crippen LogP contribution in [0.25, 0.3) is 21.3 Å². The number of esters is 1. The smallest absolute Gasteiger partial charge is 0.416 e. The second kappa shape index (κ2) is 22.7. The summed E-state index contributed by atoms with van der Waals surface area (Å²) in [6.07, 6.45) is -54.8. The number of ketones is 1. The van der Waals surface area contributed by atoms with Gasteiger partial charge in [0.1, 0.15) is 6.15 Å². The molecule has 0 N–H and O–H groups in total. The van der Waals surface area contributed by atoms with E-state index in [1.54, 1.807) is 41.0 Å². The van der Waals surface area contributed by atoms with Crippen LogP contribution < -0.4 is 26.4 Å². The molecular weight excluding hydrogens is 1180 g/mol. The molecule has 0 saturated carbocycles. The van der Waals surface area contributed by atoms with Crippen LogP contribution in [0.3, 0.4) is 0 Å². The number of halogens is 24. The number of para-hydroxylation sites is 1. The summed E-state index contributed by atoms with van der Waals surface area (Å²) in [6, 6.07) is 10.9. The highest BCUT2D eigenvalue weighted by Crippen LogP contribution is 2.41. The lowest BCUT2D eigenvalue weighted by atomic mass is 9.12. The summed E-state index contributed by atoms with van der Waals surface area (Å²) in [5, 5.41) is 4.09. The fraction of sp³-hybridized carbons (Fsp3) is 0.196. The summed E-state index contributed by atoms with van der Waals surface area (Å²) in [4.78, 5) is 27.6. The molecule has 0 aliphatic carbocycles. The van der Waals surface area contributed by atoms with E-state index in [9.17, 15) is 115 Å². The van der Waals surface area contributed by atoms with Crippen molar-refractivity contribution in [1.82, 2.24) is 0 Å². The lowest BCUT2D eigenvalue weighted by Crippen LogP contribution is -2.75. The number of carbonyl (C=O) groups is 2. The van der Waals surface area contributed by atoms with Gasteiger partial charge >= 0.3 is 55.4 Å². The van der Waals surface area contributed by atoms with Gasteiger partial charge in [0, 0.05) is 28.0 Å². The van der Waals surface area contributed by atoms with Crippen molar-refractivity contribution >= 4 is 50.7 Å². The number of carbonyl (C=O) groups excluding carboxylic acids is 2. The van der Waals surface area contributed by atoms with Gasteiger partial charge in [0.05, 0.1) is 44.5 Å². The minimum absolute atomic E-state index is 0.0165. The number of pyridine rings is 1. The van der Waals surface area contributed by atoms with Crippen molar-refractivity contribution in [2.45, 2.75) is 56.0 Å². The summed E-state index contributed by atoms with van der Waals surface area (Å²) in [6.45, 7) is -0.424. The minimum atomic E-state index is -6.13. The molecule has 7 aromatic rings. The standard InChI is InChI=1S/C32H12BF24.C19H15N4O3/c34-25(35,36)13-1-14(26(37,38)39)6-21(5-13)33(22-7-15(27(40,41)42)2-16(8-22)28(43,44)45,23-9-17(29(46,47)48)3-18(10-23)30(49,50)51)24-11-19(31(52,53)54)4-20(12-24)32(55,56)57;20-22-21-13-26-19(25)17-11-10-14-6-4-5-9-16(14)23(17)12-18(24)15-7-2-1-3-8-15/h1-12H;1-11H,12-13H2/q-1;+1. The number of Topliss-reactive ketones (excluding diaryl/α,β-unsaturated/α-hetero) is 1. The van der Waals surface area contributed by atoms with E-state index in [0.717, 1.165) is 10.9 Å². The Morgan fingerprint density at radius 1 is 0.422 bits per heavy atom. The third-order valence-corrected chi connectivity index (χ3v) is 12.3. The van der Waals surface area contributed by atoms with Crippen LogP contribution in [-0.4, -0.2) is 24.6 Å². The molecule has 0 aliphatic rings. The van der Waals surface area contributed by atoms with Crippen LogP contribution in [0.5, 0.6) is 0 Å². The van der Waals surface area contributed by atoms with Gasteiger partial charge < -0.3 is 4.74 Å². The van der Waals surface area contributed by atoms with Gasteiger partial charge in [-0.1, -0.05) is 96.1 Å². The molecule has 0 radical (unpaired) electrons. The molecule has 0 fully saturated rings.